The molecule has 3 N–H and O–H groups in total. The number of hydrogen-bond donors (Lipinski definition) is 2. The predicted octanol–water partition coefficient (Wildman–Crippen LogP) is 3.76. The number of H-pyrrole nitrogens is 1. The Kier molecular flexibility index (Phi) is 7.57. The summed E-state index contributed by atoms with van der Waals surface area (Å²) in [4.78, 5) is 10.8. The average molecular weight is 593 g/mol. The summed E-state index contributed by atoms with van der Waals surface area (Å²) in [6, 6.07) is 7.40. The number of anilines is 1. The van der Waals surface area contributed by atoms with Gasteiger partial charge in [0.05, 0.1) is 34.6 Å². The molecule has 11 nitrogen and oxygen atoms in total. The third-order valence-electron chi connectivity index (χ3n) is 6.62. The number of benzene rings is 1. The Bertz CT molecular complexity index is 1620. The predicted molar refractivity (Wildman–Crippen MR) is 151 cm³/mol. The molecule has 4 heterocycles. The van der Waals surface area contributed by atoms with Crippen LogP contribution >= 0.6 is 23.2 Å². The van der Waals surface area contributed by atoms with Gasteiger partial charge < -0.3 is 14.4 Å². The van der Waals surface area contributed by atoms with Crippen LogP contribution in [-0.4, -0.2) is 72.4 Å². The number of halogens is 2. The fourth-order valence-corrected chi connectivity index (χ4v) is 5.88. The standard InChI is InChI=1S/C25H27Cl2N7O4S/c1-14-23(27)22(17(26)13-29-14)25(28)38-20-10-16-18(11-19(20)37-2)31-32-24(16)15-4-5-21(30-12-15)33-6-8-34(9-7-33)39(3,35)36/h4-5,10-13,25H,6-9,28H2,1-3H3,(H,31,32)/t25-/m0/s1. The number of aryl methyl sites for hydroxylation is 1. The second kappa shape index (κ2) is 10.8. The summed E-state index contributed by atoms with van der Waals surface area (Å²) < 4.78 is 36.7. The lowest BCUT2D eigenvalue weighted by Crippen LogP contribution is -2.48. The number of methoxy groups -OCH3 is 1. The van der Waals surface area contributed by atoms with E-state index in [0.717, 1.165) is 22.3 Å². The molecule has 4 aromatic rings. The Morgan fingerprint density at radius 1 is 1.08 bits per heavy atom. The van der Waals surface area contributed by atoms with Crippen molar-refractivity contribution in [2.24, 2.45) is 5.73 Å². The minimum atomic E-state index is -3.20. The molecule has 0 spiro atoms. The van der Waals surface area contributed by atoms with Gasteiger partial charge in [0.25, 0.3) is 0 Å². The minimum absolute atomic E-state index is 0.297. The topological polar surface area (TPSA) is 140 Å². The normalized spacial score (nSPS) is 15.5. The molecule has 1 saturated heterocycles. The fourth-order valence-electron chi connectivity index (χ4n) is 4.49. The Hall–Kier alpha value is -3.16. The molecule has 1 fully saturated rings. The molecule has 0 bridgehead atoms. The van der Waals surface area contributed by atoms with Crippen LogP contribution in [0.25, 0.3) is 22.2 Å². The molecule has 206 valence electrons. The van der Waals surface area contributed by atoms with Gasteiger partial charge in [0, 0.05) is 61.2 Å². The van der Waals surface area contributed by atoms with Crippen molar-refractivity contribution < 1.29 is 17.9 Å². The average Bonchev–Trinajstić information content (AvgIpc) is 3.33. The largest absolute Gasteiger partial charge is 0.493 e. The summed E-state index contributed by atoms with van der Waals surface area (Å²) in [5, 5.41) is 8.93. The molecular formula is C25H27Cl2N7O4S. The Balaban J connectivity index is 1.41. The number of nitrogens with one attached hydrogen (secondary N) is 1. The number of sulfonamides is 1. The summed E-state index contributed by atoms with van der Waals surface area (Å²) in [5.74, 6) is 1.60. The van der Waals surface area contributed by atoms with Gasteiger partial charge in [-0.1, -0.05) is 23.2 Å². The van der Waals surface area contributed by atoms with Crippen LogP contribution in [0.2, 0.25) is 10.0 Å². The van der Waals surface area contributed by atoms with E-state index in [1.165, 1.54) is 23.9 Å². The number of fused-ring (bicyclic) bond motifs is 1. The van der Waals surface area contributed by atoms with E-state index in [4.69, 9.17) is 38.4 Å². The van der Waals surface area contributed by atoms with Crippen LogP contribution in [0, 0.1) is 6.92 Å². The van der Waals surface area contributed by atoms with Crippen LogP contribution in [-0.2, 0) is 10.0 Å². The lowest BCUT2D eigenvalue weighted by atomic mass is 10.1. The van der Waals surface area contributed by atoms with E-state index in [2.05, 4.69) is 25.1 Å². The maximum Gasteiger partial charge on any atom is 0.211 e. The Labute approximate surface area is 235 Å². The second-order valence-electron chi connectivity index (χ2n) is 9.13. The van der Waals surface area contributed by atoms with Gasteiger partial charge >= 0.3 is 0 Å². The molecule has 1 aromatic carbocycles. The molecule has 0 amide bonds. The summed E-state index contributed by atoms with van der Waals surface area (Å²) in [5.41, 5.74) is 9.57. The molecule has 1 atom stereocenters. The third kappa shape index (κ3) is 5.48. The maximum atomic E-state index is 11.8. The van der Waals surface area contributed by atoms with Crippen molar-refractivity contribution in [1.82, 2.24) is 24.5 Å². The number of pyridine rings is 2. The van der Waals surface area contributed by atoms with E-state index in [-0.39, 0.29) is 0 Å². The van der Waals surface area contributed by atoms with Gasteiger partial charge in [-0.2, -0.15) is 9.40 Å². The van der Waals surface area contributed by atoms with E-state index >= 15 is 0 Å². The van der Waals surface area contributed by atoms with E-state index in [1.54, 1.807) is 25.3 Å². The summed E-state index contributed by atoms with van der Waals surface area (Å²) >= 11 is 12.7. The summed E-state index contributed by atoms with van der Waals surface area (Å²) in [7, 11) is -1.66. The third-order valence-corrected chi connectivity index (χ3v) is 8.70. The molecule has 0 radical (unpaired) electrons. The van der Waals surface area contributed by atoms with Crippen molar-refractivity contribution >= 4 is 49.9 Å². The van der Waals surface area contributed by atoms with Crippen LogP contribution in [0.1, 0.15) is 17.5 Å². The molecule has 5 rings (SSSR count). The lowest BCUT2D eigenvalue weighted by Gasteiger charge is -2.33. The van der Waals surface area contributed by atoms with Gasteiger partial charge in [-0.25, -0.2) is 13.4 Å². The van der Waals surface area contributed by atoms with Crippen LogP contribution in [0.3, 0.4) is 0 Å². The van der Waals surface area contributed by atoms with Gasteiger partial charge in [0.2, 0.25) is 10.0 Å². The number of nitrogens with two attached hydrogens (primary N) is 1. The van der Waals surface area contributed by atoms with Gasteiger partial charge in [-0.3, -0.25) is 15.8 Å². The first-order valence-corrected chi connectivity index (χ1v) is 14.6. The van der Waals surface area contributed by atoms with Gasteiger partial charge in [-0.05, 0) is 25.1 Å². The van der Waals surface area contributed by atoms with Crippen molar-refractivity contribution in [3.05, 3.63) is 58.0 Å². The Morgan fingerprint density at radius 2 is 1.82 bits per heavy atom. The number of rotatable bonds is 7. The molecule has 0 aliphatic carbocycles. The van der Waals surface area contributed by atoms with Gasteiger partial charge in [0.15, 0.2) is 17.7 Å². The van der Waals surface area contributed by atoms with Crippen molar-refractivity contribution in [1.29, 1.82) is 0 Å². The van der Waals surface area contributed by atoms with E-state index < -0.39 is 16.3 Å². The molecule has 39 heavy (non-hydrogen) atoms. The van der Waals surface area contributed by atoms with Gasteiger partial charge in [-0.15, -0.1) is 0 Å². The summed E-state index contributed by atoms with van der Waals surface area (Å²) in [6.07, 6.45) is 3.48. The van der Waals surface area contributed by atoms with Crippen molar-refractivity contribution in [3.8, 4) is 22.8 Å². The zero-order valence-electron chi connectivity index (χ0n) is 21.5. The number of aromatic amines is 1. The number of piperazine rings is 1. The first kappa shape index (κ1) is 27.4. The quantitative estimate of drug-likeness (QED) is 0.307. The van der Waals surface area contributed by atoms with Gasteiger partial charge in [0.1, 0.15) is 11.5 Å². The van der Waals surface area contributed by atoms with Crippen LogP contribution in [0.4, 0.5) is 5.82 Å². The SMILES string of the molecule is COc1cc2[nH]nc(-c3ccc(N4CCN(S(C)(=O)=O)CC4)nc3)c2cc1O[C@H](N)c1c(Cl)cnc(C)c1Cl. The Morgan fingerprint density at radius 3 is 2.46 bits per heavy atom. The monoisotopic (exact) mass is 591 g/mol. The number of hydrogen-bond acceptors (Lipinski definition) is 9. The van der Waals surface area contributed by atoms with Crippen molar-refractivity contribution in [3.63, 3.8) is 0 Å². The smallest absolute Gasteiger partial charge is 0.211 e. The lowest BCUT2D eigenvalue weighted by molar-refractivity contribution is 0.204. The van der Waals surface area contributed by atoms with E-state index in [9.17, 15) is 8.42 Å². The number of nitrogens with zero attached hydrogens (tertiary/aromatic N) is 5. The molecular weight excluding hydrogens is 565 g/mol. The molecule has 3 aromatic heterocycles. The maximum absolute atomic E-state index is 11.8. The van der Waals surface area contributed by atoms with Crippen LogP contribution < -0.4 is 20.1 Å². The first-order chi connectivity index (χ1) is 18.6. The van der Waals surface area contributed by atoms with E-state index in [1.807, 2.05) is 12.1 Å². The zero-order valence-corrected chi connectivity index (χ0v) is 23.8. The van der Waals surface area contributed by atoms with Crippen molar-refractivity contribution in [2.45, 2.75) is 13.2 Å². The number of aromatic nitrogens is 4. The highest BCUT2D eigenvalue weighted by Crippen LogP contribution is 2.39. The molecule has 1 aliphatic rings. The highest BCUT2D eigenvalue weighted by molar-refractivity contribution is 7.88. The molecule has 14 heteroatoms. The zero-order chi connectivity index (χ0) is 27.9. The first-order valence-electron chi connectivity index (χ1n) is 12.0. The van der Waals surface area contributed by atoms with Crippen LogP contribution in [0.5, 0.6) is 11.5 Å². The highest BCUT2D eigenvalue weighted by Gasteiger charge is 2.25. The highest BCUT2D eigenvalue weighted by atomic mass is 35.5. The molecule has 1 aliphatic heterocycles. The minimum Gasteiger partial charge on any atom is -0.493 e. The number of ether oxygens (including phenoxy) is 2. The molecule has 0 saturated carbocycles. The fraction of sp³-hybridized carbons (Fsp3) is 0.320. The second-order valence-corrected chi connectivity index (χ2v) is 11.9. The summed E-state index contributed by atoms with van der Waals surface area (Å²) in [6.45, 7) is 3.74. The molecule has 0 unspecified atom stereocenters. The van der Waals surface area contributed by atoms with Crippen LogP contribution in [0.15, 0.2) is 36.7 Å². The van der Waals surface area contributed by atoms with Crippen molar-refractivity contribution in [2.75, 3.05) is 44.4 Å². The van der Waals surface area contributed by atoms with E-state index in [0.29, 0.717) is 64.7 Å².